The van der Waals surface area contributed by atoms with Crippen molar-refractivity contribution in [3.05, 3.63) is 70.9 Å². The van der Waals surface area contributed by atoms with Crippen molar-refractivity contribution in [1.82, 2.24) is 15.1 Å². The van der Waals surface area contributed by atoms with Crippen LogP contribution < -0.4 is 10.1 Å². The summed E-state index contributed by atoms with van der Waals surface area (Å²) in [5, 5.41) is 15.5. The third-order valence-corrected chi connectivity index (χ3v) is 5.44. The fourth-order valence-electron chi connectivity index (χ4n) is 3.05. The minimum absolute atomic E-state index is 0.0997. The van der Waals surface area contributed by atoms with Crippen LogP contribution in [0.15, 0.2) is 53.4 Å². The second-order valence-corrected chi connectivity index (χ2v) is 7.77. The van der Waals surface area contributed by atoms with E-state index in [1.807, 2.05) is 12.3 Å². The summed E-state index contributed by atoms with van der Waals surface area (Å²) < 4.78 is 34.2. The molecule has 0 aliphatic carbocycles. The van der Waals surface area contributed by atoms with Gasteiger partial charge in [-0.05, 0) is 49.1 Å². The number of amides is 1. The van der Waals surface area contributed by atoms with Gasteiger partial charge in [-0.15, -0.1) is 11.8 Å². The maximum absolute atomic E-state index is 13.6. The average Bonchev–Trinajstić information content (AvgIpc) is 3.10. The lowest BCUT2D eigenvalue weighted by Crippen LogP contribution is -2.27. The maximum atomic E-state index is 13.6. The number of rotatable bonds is 8. The molecule has 7 nitrogen and oxygen atoms in total. The molecule has 2 aromatic carbocycles. The van der Waals surface area contributed by atoms with Crippen LogP contribution in [-0.4, -0.2) is 33.0 Å². The van der Waals surface area contributed by atoms with Gasteiger partial charge >= 0.3 is 5.97 Å². The van der Waals surface area contributed by atoms with Crippen LogP contribution in [0.25, 0.3) is 0 Å². The molecular formula is C22H21F2N3O4S. The minimum atomic E-state index is -2.98. The van der Waals surface area contributed by atoms with Gasteiger partial charge in [-0.1, -0.05) is 18.2 Å². The molecule has 3 aromatic rings. The maximum Gasteiger partial charge on any atom is 0.335 e. The highest BCUT2D eigenvalue weighted by Crippen LogP contribution is 2.33. The van der Waals surface area contributed by atoms with Gasteiger partial charge in [0.2, 0.25) is 5.88 Å². The quantitative estimate of drug-likeness (QED) is 0.456. The summed E-state index contributed by atoms with van der Waals surface area (Å²) in [4.78, 5) is 24.9. The molecule has 1 atom stereocenters. The van der Waals surface area contributed by atoms with E-state index in [1.54, 1.807) is 37.3 Å². The fraction of sp³-hybridized carbons (Fsp3) is 0.227. The molecule has 0 saturated carbocycles. The molecule has 3 rings (SSSR count). The first-order chi connectivity index (χ1) is 15.2. The fourth-order valence-corrected chi connectivity index (χ4v) is 3.50. The average molecular weight is 461 g/mol. The van der Waals surface area contributed by atoms with Gasteiger partial charge in [0.25, 0.3) is 12.3 Å². The van der Waals surface area contributed by atoms with E-state index in [4.69, 9.17) is 9.84 Å². The zero-order valence-corrected chi connectivity index (χ0v) is 18.3. The molecule has 0 fully saturated rings. The number of aryl methyl sites for hydroxylation is 1. The van der Waals surface area contributed by atoms with Crippen LogP contribution in [0, 0.1) is 0 Å². The predicted molar refractivity (Wildman–Crippen MR) is 116 cm³/mol. The van der Waals surface area contributed by atoms with Crippen LogP contribution in [0.2, 0.25) is 0 Å². The van der Waals surface area contributed by atoms with Gasteiger partial charge in [-0.3, -0.25) is 4.79 Å². The van der Waals surface area contributed by atoms with Crippen molar-refractivity contribution >= 4 is 23.6 Å². The Bertz CT molecular complexity index is 1130. The third kappa shape index (κ3) is 5.08. The van der Waals surface area contributed by atoms with Gasteiger partial charge in [0.05, 0.1) is 11.6 Å². The molecule has 1 heterocycles. The molecule has 32 heavy (non-hydrogen) atoms. The van der Waals surface area contributed by atoms with Crippen molar-refractivity contribution in [2.24, 2.45) is 7.05 Å². The van der Waals surface area contributed by atoms with Crippen LogP contribution in [-0.2, 0) is 7.05 Å². The lowest BCUT2D eigenvalue weighted by atomic mass is 10.1. The van der Waals surface area contributed by atoms with E-state index in [9.17, 15) is 18.4 Å². The molecule has 0 bridgehead atoms. The predicted octanol–water partition coefficient (Wildman–Crippen LogP) is 5.06. The van der Waals surface area contributed by atoms with Crippen LogP contribution in [0.5, 0.6) is 11.6 Å². The number of halogens is 2. The van der Waals surface area contributed by atoms with Gasteiger partial charge in [-0.25, -0.2) is 18.3 Å². The molecular weight excluding hydrogens is 440 g/mol. The number of carbonyl (C=O) groups is 2. The van der Waals surface area contributed by atoms with E-state index >= 15 is 0 Å². The zero-order valence-electron chi connectivity index (χ0n) is 17.5. The molecule has 2 N–H and O–H groups in total. The molecule has 1 unspecified atom stereocenters. The number of hydrogen-bond acceptors (Lipinski definition) is 5. The summed E-state index contributed by atoms with van der Waals surface area (Å²) in [7, 11) is 1.42. The highest BCUT2D eigenvalue weighted by atomic mass is 32.2. The molecule has 0 saturated heterocycles. The Morgan fingerprint density at radius 3 is 2.47 bits per heavy atom. The van der Waals surface area contributed by atoms with E-state index in [2.05, 4.69) is 10.4 Å². The van der Waals surface area contributed by atoms with Crippen LogP contribution in [0.3, 0.4) is 0 Å². The van der Waals surface area contributed by atoms with Gasteiger partial charge in [-0.2, -0.15) is 5.10 Å². The standard InChI is InChI=1S/C22H21F2N3O4S/c1-12(13-7-9-14(10-8-13)22(29)30)25-20(28)17-18(19(23)24)26-27(2)21(17)31-15-5-4-6-16(11-15)32-3/h4-12,19H,1-3H3,(H,25,28)(H,29,30). The number of hydrogen-bond donors (Lipinski definition) is 2. The molecule has 1 amide bonds. The number of ether oxygens (including phenoxy) is 1. The van der Waals surface area contributed by atoms with Gasteiger partial charge in [0, 0.05) is 11.9 Å². The Hall–Kier alpha value is -3.40. The summed E-state index contributed by atoms with van der Waals surface area (Å²) in [5.41, 5.74) is -0.329. The van der Waals surface area contributed by atoms with Crippen LogP contribution in [0.1, 0.15) is 51.4 Å². The first kappa shape index (κ1) is 23.3. The highest BCUT2D eigenvalue weighted by molar-refractivity contribution is 7.98. The first-order valence-electron chi connectivity index (χ1n) is 9.52. The monoisotopic (exact) mass is 461 g/mol. The molecule has 0 spiro atoms. The number of nitrogens with zero attached hydrogens (tertiary/aromatic N) is 2. The van der Waals surface area contributed by atoms with Crippen molar-refractivity contribution in [3.63, 3.8) is 0 Å². The van der Waals surface area contributed by atoms with E-state index in [1.165, 1.54) is 30.9 Å². The summed E-state index contributed by atoms with van der Waals surface area (Å²) in [6.45, 7) is 1.66. The largest absolute Gasteiger partial charge is 0.478 e. The number of benzene rings is 2. The number of carboxylic acids is 1. The number of carbonyl (C=O) groups excluding carboxylic acids is 1. The van der Waals surface area contributed by atoms with Gasteiger partial charge in [0.15, 0.2) is 0 Å². The number of thioether (sulfide) groups is 1. The van der Waals surface area contributed by atoms with E-state index in [0.717, 1.165) is 9.58 Å². The number of aromatic nitrogens is 2. The zero-order chi connectivity index (χ0) is 23.4. The Morgan fingerprint density at radius 1 is 1.19 bits per heavy atom. The number of alkyl halides is 2. The summed E-state index contributed by atoms with van der Waals surface area (Å²) >= 11 is 1.49. The Morgan fingerprint density at radius 2 is 1.88 bits per heavy atom. The number of aromatic carboxylic acids is 1. The minimum Gasteiger partial charge on any atom is -0.478 e. The normalized spacial score (nSPS) is 11.9. The van der Waals surface area contributed by atoms with Crippen molar-refractivity contribution in [3.8, 4) is 11.6 Å². The molecule has 0 radical (unpaired) electrons. The van der Waals surface area contributed by atoms with E-state index in [-0.39, 0.29) is 17.0 Å². The Balaban J connectivity index is 1.90. The van der Waals surface area contributed by atoms with Crippen molar-refractivity contribution < 1.29 is 28.2 Å². The summed E-state index contributed by atoms with van der Waals surface area (Å²) in [5.74, 6) is -1.58. The Labute approximate surface area is 187 Å². The van der Waals surface area contributed by atoms with Crippen molar-refractivity contribution in [2.45, 2.75) is 24.3 Å². The van der Waals surface area contributed by atoms with Gasteiger partial charge < -0.3 is 15.2 Å². The lowest BCUT2D eigenvalue weighted by molar-refractivity contribution is 0.0696. The van der Waals surface area contributed by atoms with Gasteiger partial charge in [0.1, 0.15) is 17.0 Å². The smallest absolute Gasteiger partial charge is 0.335 e. The first-order valence-corrected chi connectivity index (χ1v) is 10.7. The third-order valence-electron chi connectivity index (χ3n) is 4.72. The SMILES string of the molecule is CSc1cccc(Oc2c(C(=O)NC(C)c3ccc(C(=O)O)cc3)c(C(F)F)nn2C)c1. The summed E-state index contributed by atoms with van der Waals surface area (Å²) in [6, 6.07) is 12.4. The van der Waals surface area contributed by atoms with Crippen LogP contribution in [0.4, 0.5) is 8.78 Å². The van der Waals surface area contributed by atoms with E-state index < -0.39 is 30.0 Å². The van der Waals surface area contributed by atoms with Crippen molar-refractivity contribution in [2.75, 3.05) is 6.26 Å². The summed E-state index contributed by atoms with van der Waals surface area (Å²) in [6.07, 6.45) is -1.09. The topological polar surface area (TPSA) is 93.4 Å². The lowest BCUT2D eigenvalue weighted by Gasteiger charge is -2.16. The van der Waals surface area contributed by atoms with Crippen molar-refractivity contribution in [1.29, 1.82) is 0 Å². The van der Waals surface area contributed by atoms with E-state index in [0.29, 0.717) is 11.3 Å². The number of nitrogens with one attached hydrogen (secondary N) is 1. The second-order valence-electron chi connectivity index (χ2n) is 6.89. The highest BCUT2D eigenvalue weighted by Gasteiger charge is 2.30. The second kappa shape index (κ2) is 9.82. The molecule has 0 aliphatic rings. The molecule has 168 valence electrons. The Kier molecular flexibility index (Phi) is 7.14. The number of carboxylic acid groups (broad SMARTS) is 1. The molecule has 10 heteroatoms. The molecule has 1 aromatic heterocycles. The molecule has 0 aliphatic heterocycles. The van der Waals surface area contributed by atoms with Crippen LogP contribution >= 0.6 is 11.8 Å².